The van der Waals surface area contributed by atoms with Gasteiger partial charge in [-0.05, 0) is 18.8 Å². The normalized spacial score (nSPS) is 13.4. The van der Waals surface area contributed by atoms with Crippen LogP contribution in [0.2, 0.25) is 0 Å². The summed E-state index contributed by atoms with van der Waals surface area (Å²) in [6, 6.07) is -0.102. The molecule has 0 aliphatic rings. The molecule has 1 atom stereocenters. The van der Waals surface area contributed by atoms with Gasteiger partial charge >= 0.3 is 0 Å². The van der Waals surface area contributed by atoms with Crippen LogP contribution in [0.1, 0.15) is 57.8 Å². The van der Waals surface area contributed by atoms with Gasteiger partial charge in [0.05, 0.1) is 6.04 Å². The van der Waals surface area contributed by atoms with E-state index in [0.717, 1.165) is 31.5 Å². The smallest absolute Gasteiger partial charge is 0.243 e. The molecule has 0 saturated heterocycles. The summed E-state index contributed by atoms with van der Waals surface area (Å²) in [7, 11) is 0. The van der Waals surface area contributed by atoms with E-state index in [9.17, 15) is 0 Å². The summed E-state index contributed by atoms with van der Waals surface area (Å²) in [4.78, 5) is 4.30. The molecular formula is C11H21N3O. The van der Waals surface area contributed by atoms with E-state index in [1.54, 1.807) is 0 Å². The molecule has 0 saturated carbocycles. The molecule has 0 aliphatic heterocycles. The Morgan fingerprint density at radius 1 is 1.33 bits per heavy atom. The van der Waals surface area contributed by atoms with Crippen LogP contribution in [0, 0.1) is 5.92 Å². The molecule has 0 spiro atoms. The quantitative estimate of drug-likeness (QED) is 0.785. The van der Waals surface area contributed by atoms with Crippen LogP contribution < -0.4 is 5.73 Å². The second kappa shape index (κ2) is 5.85. The van der Waals surface area contributed by atoms with Gasteiger partial charge in [-0.2, -0.15) is 4.98 Å². The zero-order chi connectivity index (χ0) is 11.3. The summed E-state index contributed by atoms with van der Waals surface area (Å²) < 4.78 is 5.13. The van der Waals surface area contributed by atoms with Gasteiger partial charge in [-0.25, -0.2) is 0 Å². The van der Waals surface area contributed by atoms with E-state index in [2.05, 4.69) is 30.9 Å². The van der Waals surface area contributed by atoms with Gasteiger partial charge in [0.15, 0.2) is 5.82 Å². The lowest BCUT2D eigenvalue weighted by Crippen LogP contribution is -2.10. The molecule has 0 fully saturated rings. The van der Waals surface area contributed by atoms with Gasteiger partial charge in [0.25, 0.3) is 0 Å². The lowest BCUT2D eigenvalue weighted by atomic mass is 10.1. The molecule has 0 bridgehead atoms. The molecule has 0 aromatic carbocycles. The number of nitrogens with zero attached hydrogens (tertiary/aromatic N) is 2. The third-order valence-corrected chi connectivity index (χ3v) is 2.35. The van der Waals surface area contributed by atoms with Crippen LogP contribution in [0.4, 0.5) is 0 Å². The topological polar surface area (TPSA) is 64.9 Å². The minimum Gasteiger partial charge on any atom is -0.338 e. The van der Waals surface area contributed by atoms with Crippen LogP contribution in [0.3, 0.4) is 0 Å². The van der Waals surface area contributed by atoms with Gasteiger partial charge in [0.2, 0.25) is 5.89 Å². The van der Waals surface area contributed by atoms with E-state index in [-0.39, 0.29) is 6.04 Å². The minimum atomic E-state index is -0.102. The van der Waals surface area contributed by atoms with Crippen LogP contribution in [0.5, 0.6) is 0 Å². The van der Waals surface area contributed by atoms with E-state index in [4.69, 9.17) is 10.3 Å². The van der Waals surface area contributed by atoms with Crippen LogP contribution in [0.25, 0.3) is 0 Å². The molecule has 1 rings (SSSR count). The third-order valence-electron chi connectivity index (χ3n) is 2.35. The summed E-state index contributed by atoms with van der Waals surface area (Å²) in [5.41, 5.74) is 5.88. The Kier molecular flexibility index (Phi) is 4.75. The molecule has 86 valence electrons. The van der Waals surface area contributed by atoms with E-state index < -0.39 is 0 Å². The molecule has 1 aromatic rings. The standard InChI is InChI=1S/C11H21N3O/c1-4-5-9(12)11-13-10(14-15-11)7-6-8(2)3/h8-9H,4-7,12H2,1-3H3/t9-/m0/s1. The van der Waals surface area contributed by atoms with Gasteiger partial charge < -0.3 is 10.3 Å². The van der Waals surface area contributed by atoms with E-state index in [1.807, 2.05) is 0 Å². The zero-order valence-electron chi connectivity index (χ0n) is 9.86. The minimum absolute atomic E-state index is 0.102. The molecule has 1 heterocycles. The molecule has 0 unspecified atom stereocenters. The maximum atomic E-state index is 5.88. The van der Waals surface area contributed by atoms with Gasteiger partial charge in [0.1, 0.15) is 0 Å². The van der Waals surface area contributed by atoms with Gasteiger partial charge in [-0.1, -0.05) is 32.3 Å². The highest BCUT2D eigenvalue weighted by atomic mass is 16.5. The van der Waals surface area contributed by atoms with Crippen LogP contribution >= 0.6 is 0 Å². The molecule has 1 aromatic heterocycles. The maximum absolute atomic E-state index is 5.88. The van der Waals surface area contributed by atoms with Crippen LogP contribution in [-0.4, -0.2) is 10.1 Å². The highest BCUT2D eigenvalue weighted by Gasteiger charge is 2.13. The van der Waals surface area contributed by atoms with Crippen molar-refractivity contribution >= 4 is 0 Å². The SMILES string of the molecule is CCC[C@H](N)c1nc(CCC(C)C)no1. The van der Waals surface area contributed by atoms with E-state index in [1.165, 1.54) is 0 Å². The second-order valence-electron chi connectivity index (χ2n) is 4.38. The Labute approximate surface area is 91.2 Å². The van der Waals surface area contributed by atoms with Crippen molar-refractivity contribution in [1.82, 2.24) is 10.1 Å². The van der Waals surface area contributed by atoms with Crippen LogP contribution in [-0.2, 0) is 6.42 Å². The number of nitrogens with two attached hydrogens (primary N) is 1. The molecule has 4 heteroatoms. The fourth-order valence-electron chi connectivity index (χ4n) is 1.37. The van der Waals surface area contributed by atoms with Crippen molar-refractivity contribution in [1.29, 1.82) is 0 Å². The van der Waals surface area contributed by atoms with Crippen LogP contribution in [0.15, 0.2) is 4.52 Å². The van der Waals surface area contributed by atoms with E-state index >= 15 is 0 Å². The van der Waals surface area contributed by atoms with Crippen molar-refractivity contribution in [3.8, 4) is 0 Å². The Bertz CT molecular complexity index is 283. The molecule has 0 radical (unpaired) electrons. The first-order chi connectivity index (χ1) is 7.13. The first-order valence-electron chi connectivity index (χ1n) is 5.71. The fourth-order valence-corrected chi connectivity index (χ4v) is 1.37. The highest BCUT2D eigenvalue weighted by Crippen LogP contribution is 2.14. The number of aryl methyl sites for hydroxylation is 1. The largest absolute Gasteiger partial charge is 0.338 e. The van der Waals surface area contributed by atoms with E-state index in [0.29, 0.717) is 11.8 Å². The summed E-state index contributed by atoms with van der Waals surface area (Å²) in [5.74, 6) is 2.03. The van der Waals surface area contributed by atoms with Gasteiger partial charge in [-0.15, -0.1) is 0 Å². The summed E-state index contributed by atoms with van der Waals surface area (Å²) in [5, 5.41) is 3.93. The number of rotatable bonds is 6. The maximum Gasteiger partial charge on any atom is 0.243 e. The summed E-state index contributed by atoms with van der Waals surface area (Å²) in [6.07, 6.45) is 3.89. The zero-order valence-corrected chi connectivity index (χ0v) is 9.86. The molecular weight excluding hydrogens is 190 g/mol. The average Bonchev–Trinajstić information content (AvgIpc) is 2.63. The monoisotopic (exact) mass is 211 g/mol. The number of aromatic nitrogens is 2. The third kappa shape index (κ3) is 4.00. The van der Waals surface area contributed by atoms with Crippen molar-refractivity contribution < 1.29 is 4.52 Å². The molecule has 0 amide bonds. The summed E-state index contributed by atoms with van der Waals surface area (Å²) in [6.45, 7) is 6.46. The van der Waals surface area contributed by atoms with Crippen molar-refractivity contribution in [2.24, 2.45) is 11.7 Å². The Balaban J connectivity index is 2.48. The van der Waals surface area contributed by atoms with Gasteiger partial charge in [-0.3, -0.25) is 0 Å². The first-order valence-corrected chi connectivity index (χ1v) is 5.71. The molecule has 4 nitrogen and oxygen atoms in total. The lowest BCUT2D eigenvalue weighted by molar-refractivity contribution is 0.343. The fraction of sp³-hybridized carbons (Fsp3) is 0.818. The van der Waals surface area contributed by atoms with Gasteiger partial charge in [0, 0.05) is 6.42 Å². The van der Waals surface area contributed by atoms with Crippen molar-refractivity contribution in [3.63, 3.8) is 0 Å². The Morgan fingerprint density at radius 2 is 2.07 bits per heavy atom. The predicted molar refractivity (Wildman–Crippen MR) is 59.3 cm³/mol. The van der Waals surface area contributed by atoms with Crippen molar-refractivity contribution in [2.75, 3.05) is 0 Å². The lowest BCUT2D eigenvalue weighted by Gasteiger charge is -2.02. The first kappa shape index (κ1) is 12.2. The molecule has 0 aliphatic carbocycles. The Hall–Kier alpha value is -0.900. The molecule has 15 heavy (non-hydrogen) atoms. The number of hydrogen-bond acceptors (Lipinski definition) is 4. The van der Waals surface area contributed by atoms with Crippen molar-refractivity contribution in [2.45, 2.75) is 52.5 Å². The molecule has 2 N–H and O–H groups in total. The highest BCUT2D eigenvalue weighted by molar-refractivity contribution is 4.91. The van der Waals surface area contributed by atoms with Crippen molar-refractivity contribution in [3.05, 3.63) is 11.7 Å². The second-order valence-corrected chi connectivity index (χ2v) is 4.38. The Morgan fingerprint density at radius 3 is 2.67 bits per heavy atom. The predicted octanol–water partition coefficient (Wildman–Crippen LogP) is 2.46. The average molecular weight is 211 g/mol. The summed E-state index contributed by atoms with van der Waals surface area (Å²) >= 11 is 0. The number of hydrogen-bond donors (Lipinski definition) is 1.